The highest BCUT2D eigenvalue weighted by Gasteiger charge is 2.21. The molecule has 0 spiro atoms. The van der Waals surface area contributed by atoms with Crippen LogP contribution in [0.15, 0.2) is 79.4 Å². The molecule has 2 N–H and O–H groups in total. The number of hydrogen-bond acceptors (Lipinski definition) is 4. The van der Waals surface area contributed by atoms with Gasteiger partial charge in [0.1, 0.15) is 11.6 Å². The van der Waals surface area contributed by atoms with Gasteiger partial charge >= 0.3 is 0 Å². The van der Waals surface area contributed by atoms with Gasteiger partial charge in [-0.25, -0.2) is 25.6 Å². The molecule has 0 fully saturated rings. The van der Waals surface area contributed by atoms with Crippen molar-refractivity contribution in [2.45, 2.75) is 9.79 Å². The van der Waals surface area contributed by atoms with Gasteiger partial charge < -0.3 is 0 Å². The monoisotopic (exact) mass is 580 g/mol. The predicted molar refractivity (Wildman–Crippen MR) is 116 cm³/mol. The number of anilines is 2. The van der Waals surface area contributed by atoms with Gasteiger partial charge in [0.2, 0.25) is 0 Å². The Hall–Kier alpha value is -2.02. The van der Waals surface area contributed by atoms with Crippen LogP contribution in [-0.4, -0.2) is 16.8 Å². The Bertz CT molecular complexity index is 1200. The maximum Gasteiger partial charge on any atom is 0.261 e. The third-order valence-electron chi connectivity index (χ3n) is 3.80. The molecule has 0 saturated carbocycles. The molecule has 0 bridgehead atoms. The van der Waals surface area contributed by atoms with Gasteiger partial charge in [0.05, 0.1) is 21.2 Å². The van der Waals surface area contributed by atoms with Crippen molar-refractivity contribution in [3.63, 3.8) is 0 Å². The molecule has 0 aliphatic carbocycles. The van der Waals surface area contributed by atoms with Crippen molar-refractivity contribution >= 4 is 63.3 Å². The van der Waals surface area contributed by atoms with Crippen LogP contribution in [0.2, 0.25) is 0 Å². The summed E-state index contributed by atoms with van der Waals surface area (Å²) in [6, 6.07) is 11.0. The van der Waals surface area contributed by atoms with Crippen LogP contribution in [0.4, 0.5) is 20.2 Å². The second-order valence-corrected chi connectivity index (χ2v) is 11.0. The lowest BCUT2D eigenvalue weighted by Gasteiger charge is -2.16. The number of sulfonamides is 2. The third kappa shape index (κ3) is 5.17. The fourth-order valence-corrected chi connectivity index (χ4v) is 5.18. The van der Waals surface area contributed by atoms with E-state index in [0.717, 1.165) is 48.5 Å². The van der Waals surface area contributed by atoms with Crippen LogP contribution < -0.4 is 9.44 Å². The molecule has 0 heterocycles. The van der Waals surface area contributed by atoms with Gasteiger partial charge in [0.25, 0.3) is 20.0 Å². The van der Waals surface area contributed by atoms with E-state index in [1.807, 2.05) is 0 Å². The zero-order valence-electron chi connectivity index (χ0n) is 14.7. The summed E-state index contributed by atoms with van der Waals surface area (Å²) in [6.07, 6.45) is 0. The normalized spacial score (nSPS) is 11.9. The lowest BCUT2D eigenvalue weighted by Crippen LogP contribution is -2.18. The highest BCUT2D eigenvalue weighted by atomic mass is 79.9. The van der Waals surface area contributed by atoms with Gasteiger partial charge in [-0.05, 0) is 92.5 Å². The maximum atomic E-state index is 13.1. The van der Waals surface area contributed by atoms with Gasteiger partial charge in [-0.15, -0.1) is 0 Å². The topological polar surface area (TPSA) is 92.3 Å². The van der Waals surface area contributed by atoms with Crippen LogP contribution in [0.25, 0.3) is 0 Å². The van der Waals surface area contributed by atoms with E-state index < -0.39 is 31.7 Å². The van der Waals surface area contributed by atoms with Crippen molar-refractivity contribution in [1.29, 1.82) is 0 Å². The second-order valence-electron chi connectivity index (χ2n) is 5.93. The number of nitrogens with one attached hydrogen (secondary N) is 2. The molecule has 30 heavy (non-hydrogen) atoms. The predicted octanol–water partition coefficient (Wildman–Crippen LogP) is 5.09. The Morgan fingerprint density at radius 1 is 0.600 bits per heavy atom. The highest BCUT2D eigenvalue weighted by Crippen LogP contribution is 2.35. The van der Waals surface area contributed by atoms with E-state index in [2.05, 4.69) is 41.3 Å². The molecule has 3 aromatic rings. The minimum Gasteiger partial charge on any atom is -0.277 e. The van der Waals surface area contributed by atoms with E-state index >= 15 is 0 Å². The Labute approximate surface area is 188 Å². The van der Waals surface area contributed by atoms with E-state index in [1.54, 1.807) is 0 Å². The molecule has 0 aliphatic heterocycles. The minimum absolute atomic E-state index is 0.0833. The van der Waals surface area contributed by atoms with Crippen molar-refractivity contribution in [1.82, 2.24) is 0 Å². The summed E-state index contributed by atoms with van der Waals surface area (Å²) in [6.45, 7) is 0. The average Bonchev–Trinajstić information content (AvgIpc) is 2.66. The molecular weight excluding hydrogens is 570 g/mol. The standard InChI is InChI=1S/C18H12Br2F2N2O4S2/c19-15-9-17(23-29(25,26)13-5-1-11(21)2-6-13)18(10-16(15)20)24-30(27,28)14-7-3-12(22)4-8-14/h1-10,23-24H. The lowest BCUT2D eigenvalue weighted by atomic mass is 10.3. The van der Waals surface area contributed by atoms with Crippen LogP contribution >= 0.6 is 31.9 Å². The zero-order chi connectivity index (χ0) is 22.1. The second kappa shape index (κ2) is 8.61. The van der Waals surface area contributed by atoms with Crippen LogP contribution in [0.1, 0.15) is 0 Å². The molecule has 3 aromatic carbocycles. The molecular formula is C18H12Br2F2N2O4S2. The summed E-state index contributed by atoms with van der Waals surface area (Å²) in [5.41, 5.74) is -0.167. The summed E-state index contributed by atoms with van der Waals surface area (Å²) in [5, 5.41) is 0. The van der Waals surface area contributed by atoms with Crippen LogP contribution in [0.5, 0.6) is 0 Å². The molecule has 0 amide bonds. The van der Waals surface area contributed by atoms with Crippen LogP contribution in [0.3, 0.4) is 0 Å². The Kier molecular flexibility index (Phi) is 6.51. The van der Waals surface area contributed by atoms with Gasteiger partial charge in [0.15, 0.2) is 0 Å². The van der Waals surface area contributed by atoms with Gasteiger partial charge in [-0.2, -0.15) is 0 Å². The molecule has 6 nitrogen and oxygen atoms in total. The van der Waals surface area contributed by atoms with Crippen molar-refractivity contribution in [3.8, 4) is 0 Å². The number of hydrogen-bond donors (Lipinski definition) is 2. The Morgan fingerprint density at radius 3 is 1.20 bits per heavy atom. The van der Waals surface area contributed by atoms with Crippen LogP contribution in [-0.2, 0) is 20.0 Å². The first-order valence-electron chi connectivity index (χ1n) is 8.04. The van der Waals surface area contributed by atoms with E-state index in [-0.39, 0.29) is 21.2 Å². The third-order valence-corrected chi connectivity index (χ3v) is 8.40. The lowest BCUT2D eigenvalue weighted by molar-refractivity contribution is 0.597. The first-order chi connectivity index (χ1) is 14.0. The molecule has 0 saturated heterocycles. The minimum atomic E-state index is -4.15. The van der Waals surface area contributed by atoms with Gasteiger partial charge in [-0.3, -0.25) is 9.44 Å². The van der Waals surface area contributed by atoms with Crippen LogP contribution in [0, 0.1) is 11.6 Å². The van der Waals surface area contributed by atoms with Crippen molar-refractivity contribution in [3.05, 3.63) is 81.2 Å². The summed E-state index contributed by atoms with van der Waals surface area (Å²) in [7, 11) is -8.29. The number of halogens is 4. The molecule has 0 aliphatic rings. The Morgan fingerprint density at radius 2 is 0.900 bits per heavy atom. The molecule has 158 valence electrons. The van der Waals surface area contributed by atoms with Gasteiger partial charge in [-0.1, -0.05) is 0 Å². The van der Waals surface area contributed by atoms with E-state index in [0.29, 0.717) is 8.95 Å². The first kappa shape index (κ1) is 22.7. The van der Waals surface area contributed by atoms with Crippen molar-refractivity contribution in [2.24, 2.45) is 0 Å². The number of benzene rings is 3. The average molecular weight is 582 g/mol. The van der Waals surface area contributed by atoms with Crippen molar-refractivity contribution in [2.75, 3.05) is 9.44 Å². The summed E-state index contributed by atoms with van der Waals surface area (Å²) < 4.78 is 82.3. The smallest absolute Gasteiger partial charge is 0.261 e. The first-order valence-corrected chi connectivity index (χ1v) is 12.6. The quantitative estimate of drug-likeness (QED) is 0.424. The maximum absolute atomic E-state index is 13.1. The molecule has 0 radical (unpaired) electrons. The highest BCUT2D eigenvalue weighted by molar-refractivity contribution is 9.13. The summed E-state index contributed by atoms with van der Waals surface area (Å²) in [4.78, 5) is -0.425. The molecule has 0 atom stereocenters. The summed E-state index contributed by atoms with van der Waals surface area (Å²) in [5.74, 6) is -1.21. The van der Waals surface area contributed by atoms with E-state index in [9.17, 15) is 25.6 Å². The summed E-state index contributed by atoms with van der Waals surface area (Å²) >= 11 is 6.47. The number of rotatable bonds is 6. The zero-order valence-corrected chi connectivity index (χ0v) is 19.5. The van der Waals surface area contributed by atoms with Crippen molar-refractivity contribution < 1.29 is 25.6 Å². The van der Waals surface area contributed by atoms with E-state index in [1.165, 1.54) is 12.1 Å². The van der Waals surface area contributed by atoms with Gasteiger partial charge in [0, 0.05) is 8.95 Å². The molecule has 3 rings (SSSR count). The molecule has 0 unspecified atom stereocenters. The largest absolute Gasteiger partial charge is 0.277 e. The molecule has 12 heteroatoms. The fraction of sp³-hybridized carbons (Fsp3) is 0. The SMILES string of the molecule is O=S(=O)(Nc1cc(Br)c(Br)cc1NS(=O)(=O)c1ccc(F)cc1)c1ccc(F)cc1. The van der Waals surface area contributed by atoms with E-state index in [4.69, 9.17) is 0 Å². The fourth-order valence-electron chi connectivity index (χ4n) is 2.35. The Balaban J connectivity index is 2.01. The molecule has 0 aromatic heterocycles.